The normalized spacial score (nSPS) is 24.4. The van der Waals surface area contributed by atoms with Crippen LogP contribution in [0.15, 0.2) is 18.2 Å². The summed E-state index contributed by atoms with van der Waals surface area (Å²) in [6.07, 6.45) is 7.15. The molecule has 1 aromatic carbocycles. The SMILES string of the molecule is COc1ccc2c3c([nH]c2c1)C(CO)N(CC1CCN(C(C)=O)CC1)CC31CCN(C(=O)C2CCC2)CC1. The third-order valence-electron chi connectivity index (χ3n) is 10.1. The number of rotatable bonds is 5. The Morgan fingerprint density at radius 3 is 2.42 bits per heavy atom. The van der Waals surface area contributed by atoms with Crippen molar-refractivity contribution in [1.29, 1.82) is 0 Å². The molecule has 3 fully saturated rings. The van der Waals surface area contributed by atoms with Gasteiger partial charge in [0.1, 0.15) is 5.75 Å². The molecule has 1 unspecified atom stereocenters. The summed E-state index contributed by atoms with van der Waals surface area (Å²) in [4.78, 5) is 35.2. The zero-order valence-corrected chi connectivity index (χ0v) is 22.9. The molecule has 8 heteroatoms. The minimum atomic E-state index is -0.0884. The quantitative estimate of drug-likeness (QED) is 0.628. The number of aliphatic hydroxyl groups is 1. The number of piperidine rings is 2. The van der Waals surface area contributed by atoms with Crippen molar-refractivity contribution in [3.05, 3.63) is 29.5 Å². The minimum absolute atomic E-state index is 0.0611. The van der Waals surface area contributed by atoms with Gasteiger partial charge in [0.15, 0.2) is 0 Å². The molecule has 2 saturated heterocycles. The van der Waals surface area contributed by atoms with Gasteiger partial charge in [0.2, 0.25) is 11.8 Å². The number of carbonyl (C=O) groups is 2. The average molecular weight is 523 g/mol. The average Bonchev–Trinajstić information content (AvgIpc) is 3.28. The van der Waals surface area contributed by atoms with Crippen LogP contribution >= 0.6 is 0 Å². The lowest BCUT2D eigenvalue weighted by molar-refractivity contribution is -0.140. The number of aromatic amines is 1. The Kier molecular flexibility index (Phi) is 6.89. The summed E-state index contributed by atoms with van der Waals surface area (Å²) in [6.45, 7) is 6.76. The Balaban J connectivity index is 1.31. The summed E-state index contributed by atoms with van der Waals surface area (Å²) in [5, 5.41) is 11.9. The standard InChI is InChI=1S/C30H42N4O4/c1-20(36)32-12-8-21(9-13-32)17-34-19-30(10-14-33(15-11-30)29(37)22-4-3-5-22)27-24-7-6-23(38-2)16-25(24)31-28(27)26(34)18-35/h6-7,16,21-22,26,31,35H,3-5,8-15,17-19H2,1-2H3. The van der Waals surface area contributed by atoms with E-state index in [1.54, 1.807) is 14.0 Å². The Labute approximate surface area is 225 Å². The topological polar surface area (TPSA) is 89.1 Å². The molecule has 0 radical (unpaired) electrons. The molecule has 4 aliphatic rings. The van der Waals surface area contributed by atoms with E-state index in [9.17, 15) is 14.7 Å². The van der Waals surface area contributed by atoms with Gasteiger partial charge in [-0.15, -0.1) is 0 Å². The van der Waals surface area contributed by atoms with Gasteiger partial charge in [0.05, 0.1) is 19.8 Å². The third kappa shape index (κ3) is 4.39. The molecule has 2 N–H and O–H groups in total. The van der Waals surface area contributed by atoms with Gasteiger partial charge in [-0.2, -0.15) is 0 Å². The maximum absolute atomic E-state index is 13.1. The van der Waals surface area contributed by atoms with E-state index in [-0.39, 0.29) is 29.9 Å². The number of carbonyl (C=O) groups excluding carboxylic acids is 2. The van der Waals surface area contributed by atoms with Crippen LogP contribution in [-0.4, -0.2) is 89.6 Å². The molecule has 6 rings (SSSR count). The van der Waals surface area contributed by atoms with Gasteiger partial charge in [-0.3, -0.25) is 14.5 Å². The van der Waals surface area contributed by atoms with Crippen molar-refractivity contribution in [1.82, 2.24) is 19.7 Å². The zero-order valence-electron chi connectivity index (χ0n) is 22.9. The lowest BCUT2D eigenvalue weighted by atomic mass is 9.67. The number of methoxy groups -OCH3 is 1. The van der Waals surface area contributed by atoms with E-state index in [1.807, 2.05) is 11.0 Å². The predicted molar refractivity (Wildman–Crippen MR) is 146 cm³/mol. The van der Waals surface area contributed by atoms with Crippen molar-refractivity contribution in [3.8, 4) is 5.75 Å². The van der Waals surface area contributed by atoms with E-state index in [0.717, 1.165) is 94.8 Å². The maximum Gasteiger partial charge on any atom is 0.225 e. The maximum atomic E-state index is 13.1. The number of ether oxygens (including phenoxy) is 1. The molecular weight excluding hydrogens is 480 g/mol. The molecule has 1 aliphatic carbocycles. The van der Waals surface area contributed by atoms with Crippen LogP contribution in [0.5, 0.6) is 5.75 Å². The van der Waals surface area contributed by atoms with Crippen LogP contribution in [0.2, 0.25) is 0 Å². The molecule has 1 atom stereocenters. The highest BCUT2D eigenvalue weighted by Gasteiger charge is 2.48. The molecule has 3 aliphatic heterocycles. The van der Waals surface area contributed by atoms with Crippen LogP contribution < -0.4 is 4.74 Å². The lowest BCUT2D eigenvalue weighted by Gasteiger charge is -2.51. The first kappa shape index (κ1) is 25.7. The lowest BCUT2D eigenvalue weighted by Crippen LogP contribution is -2.56. The Hall–Kier alpha value is -2.58. The smallest absolute Gasteiger partial charge is 0.225 e. The Morgan fingerprint density at radius 2 is 1.82 bits per heavy atom. The van der Waals surface area contributed by atoms with Crippen molar-refractivity contribution < 1.29 is 19.4 Å². The first-order valence-corrected chi connectivity index (χ1v) is 14.5. The van der Waals surface area contributed by atoms with E-state index in [0.29, 0.717) is 11.8 Å². The van der Waals surface area contributed by atoms with Gasteiger partial charge in [0.25, 0.3) is 0 Å². The van der Waals surface area contributed by atoms with Gasteiger partial charge in [-0.05, 0) is 62.1 Å². The van der Waals surface area contributed by atoms with Crippen molar-refractivity contribution in [2.45, 2.75) is 63.3 Å². The first-order valence-electron chi connectivity index (χ1n) is 14.5. The highest BCUT2D eigenvalue weighted by atomic mass is 16.5. The molecule has 2 aromatic rings. The van der Waals surface area contributed by atoms with Crippen molar-refractivity contribution in [3.63, 3.8) is 0 Å². The first-order chi connectivity index (χ1) is 18.4. The van der Waals surface area contributed by atoms with Crippen molar-refractivity contribution >= 4 is 22.7 Å². The summed E-state index contributed by atoms with van der Waals surface area (Å²) in [7, 11) is 1.69. The number of hydrogen-bond donors (Lipinski definition) is 2. The number of H-pyrrole nitrogens is 1. The van der Waals surface area contributed by atoms with Gasteiger partial charge in [-0.25, -0.2) is 0 Å². The second-order valence-corrected chi connectivity index (χ2v) is 12.1. The number of likely N-dealkylation sites (tertiary alicyclic amines) is 2. The second-order valence-electron chi connectivity index (χ2n) is 12.1. The monoisotopic (exact) mass is 522 g/mol. The van der Waals surface area contributed by atoms with Crippen LogP contribution in [0, 0.1) is 11.8 Å². The third-order valence-corrected chi connectivity index (χ3v) is 10.1. The number of nitrogens with one attached hydrogen (secondary N) is 1. The molecule has 1 aromatic heterocycles. The fraction of sp³-hybridized carbons (Fsp3) is 0.667. The second kappa shape index (κ2) is 10.2. The van der Waals surface area contributed by atoms with Crippen LogP contribution in [0.3, 0.4) is 0 Å². The number of aromatic nitrogens is 1. The van der Waals surface area contributed by atoms with Gasteiger partial charge >= 0.3 is 0 Å². The van der Waals surface area contributed by atoms with E-state index >= 15 is 0 Å². The largest absolute Gasteiger partial charge is 0.497 e. The molecule has 1 spiro atoms. The summed E-state index contributed by atoms with van der Waals surface area (Å²) >= 11 is 0. The zero-order chi connectivity index (χ0) is 26.4. The molecule has 4 heterocycles. The number of amides is 2. The summed E-state index contributed by atoms with van der Waals surface area (Å²) in [6, 6.07) is 6.17. The van der Waals surface area contributed by atoms with Crippen LogP contribution in [0.25, 0.3) is 10.9 Å². The Bertz CT molecular complexity index is 1190. The molecule has 206 valence electrons. The number of nitrogens with zero attached hydrogens (tertiary/aromatic N) is 3. The number of aliphatic hydroxyl groups excluding tert-OH is 1. The van der Waals surface area contributed by atoms with E-state index in [2.05, 4.69) is 26.9 Å². The molecule has 0 bridgehead atoms. The van der Waals surface area contributed by atoms with Crippen LogP contribution in [0.4, 0.5) is 0 Å². The minimum Gasteiger partial charge on any atom is -0.497 e. The highest BCUT2D eigenvalue weighted by Crippen LogP contribution is 2.49. The van der Waals surface area contributed by atoms with Gasteiger partial charge < -0.3 is 24.6 Å². The van der Waals surface area contributed by atoms with Crippen LogP contribution in [0.1, 0.15) is 69.2 Å². The van der Waals surface area contributed by atoms with Crippen LogP contribution in [-0.2, 0) is 15.0 Å². The fourth-order valence-corrected chi connectivity index (χ4v) is 7.54. The Morgan fingerprint density at radius 1 is 1.08 bits per heavy atom. The summed E-state index contributed by atoms with van der Waals surface area (Å²) < 4.78 is 5.52. The number of fused-ring (bicyclic) bond motifs is 4. The molecule has 8 nitrogen and oxygen atoms in total. The summed E-state index contributed by atoms with van der Waals surface area (Å²) in [5.74, 6) is 2.08. The van der Waals surface area contributed by atoms with E-state index in [4.69, 9.17) is 4.74 Å². The van der Waals surface area contributed by atoms with Gasteiger partial charge in [0, 0.05) is 80.2 Å². The van der Waals surface area contributed by atoms with Crippen molar-refractivity contribution in [2.24, 2.45) is 11.8 Å². The molecule has 38 heavy (non-hydrogen) atoms. The molecular formula is C30H42N4O4. The summed E-state index contributed by atoms with van der Waals surface area (Å²) in [5.41, 5.74) is 3.45. The van der Waals surface area contributed by atoms with E-state index in [1.165, 1.54) is 17.4 Å². The van der Waals surface area contributed by atoms with E-state index < -0.39 is 0 Å². The molecule has 2 amide bonds. The van der Waals surface area contributed by atoms with Crippen molar-refractivity contribution in [2.75, 3.05) is 53.0 Å². The highest BCUT2D eigenvalue weighted by molar-refractivity contribution is 5.88. The fourth-order valence-electron chi connectivity index (χ4n) is 7.54. The molecule has 1 saturated carbocycles. The van der Waals surface area contributed by atoms with Gasteiger partial charge in [-0.1, -0.05) is 6.42 Å². The number of hydrogen-bond acceptors (Lipinski definition) is 5. The number of benzene rings is 1. The predicted octanol–water partition coefficient (Wildman–Crippen LogP) is 3.44.